The van der Waals surface area contributed by atoms with Gasteiger partial charge in [-0.25, -0.2) is 0 Å². The van der Waals surface area contributed by atoms with Gasteiger partial charge in [-0.3, -0.25) is 4.98 Å². The zero-order valence-corrected chi connectivity index (χ0v) is 14.1. The second-order valence-electron chi connectivity index (χ2n) is 6.49. The summed E-state index contributed by atoms with van der Waals surface area (Å²) in [7, 11) is 0. The summed E-state index contributed by atoms with van der Waals surface area (Å²) < 4.78 is 0. The van der Waals surface area contributed by atoms with Gasteiger partial charge < -0.3 is 10.2 Å². The zero-order valence-electron chi connectivity index (χ0n) is 14.1. The first-order valence-corrected chi connectivity index (χ1v) is 8.74. The van der Waals surface area contributed by atoms with Gasteiger partial charge in [0.15, 0.2) is 0 Å². The fraction of sp³-hybridized carbons (Fsp3) is 0.286. The standard InChI is InChI=1S/C21H23N3/c1-16-18(14-17-8-2-3-9-19(17)23-16)15-22-20-10-4-5-11-21(20)24-12-6-7-13-24/h2-5,8-11,14,22H,6-7,12-13,15H2,1H3. The maximum absolute atomic E-state index is 4.74. The maximum Gasteiger partial charge on any atom is 0.0705 e. The minimum atomic E-state index is 0.800. The van der Waals surface area contributed by atoms with Crippen molar-refractivity contribution in [3.63, 3.8) is 0 Å². The van der Waals surface area contributed by atoms with Crippen molar-refractivity contribution in [3.8, 4) is 0 Å². The Kier molecular flexibility index (Phi) is 4.08. The van der Waals surface area contributed by atoms with Crippen molar-refractivity contribution in [1.82, 2.24) is 4.98 Å². The largest absolute Gasteiger partial charge is 0.379 e. The first-order chi connectivity index (χ1) is 11.8. The van der Waals surface area contributed by atoms with Gasteiger partial charge in [-0.2, -0.15) is 0 Å². The smallest absolute Gasteiger partial charge is 0.0705 e. The molecule has 0 unspecified atom stereocenters. The number of pyridine rings is 1. The highest BCUT2D eigenvalue weighted by molar-refractivity contribution is 5.79. The van der Waals surface area contributed by atoms with E-state index in [1.165, 1.54) is 35.2 Å². The van der Waals surface area contributed by atoms with E-state index in [0.717, 1.165) is 30.8 Å². The Bertz CT molecular complexity index is 851. The lowest BCUT2D eigenvalue weighted by molar-refractivity contribution is 0.949. The first-order valence-electron chi connectivity index (χ1n) is 8.74. The average molecular weight is 317 g/mol. The number of anilines is 2. The van der Waals surface area contributed by atoms with Crippen molar-refractivity contribution >= 4 is 22.3 Å². The van der Waals surface area contributed by atoms with Crippen LogP contribution in [0.2, 0.25) is 0 Å². The molecule has 1 aliphatic rings. The summed E-state index contributed by atoms with van der Waals surface area (Å²) in [6, 6.07) is 19.2. The number of hydrogen-bond donors (Lipinski definition) is 1. The fourth-order valence-corrected chi connectivity index (χ4v) is 3.48. The van der Waals surface area contributed by atoms with Crippen molar-refractivity contribution in [2.24, 2.45) is 0 Å². The summed E-state index contributed by atoms with van der Waals surface area (Å²) in [4.78, 5) is 7.22. The maximum atomic E-state index is 4.74. The van der Waals surface area contributed by atoms with Crippen LogP contribution in [0.4, 0.5) is 11.4 Å². The van der Waals surface area contributed by atoms with Crippen LogP contribution in [0.3, 0.4) is 0 Å². The number of aromatic nitrogens is 1. The summed E-state index contributed by atoms with van der Waals surface area (Å²) in [5.41, 5.74) is 5.95. The van der Waals surface area contributed by atoms with Crippen LogP contribution in [0.15, 0.2) is 54.6 Å². The number of hydrogen-bond acceptors (Lipinski definition) is 3. The van der Waals surface area contributed by atoms with Crippen LogP contribution in [0.5, 0.6) is 0 Å². The minimum absolute atomic E-state index is 0.800. The van der Waals surface area contributed by atoms with Gasteiger partial charge in [-0.1, -0.05) is 30.3 Å². The van der Waals surface area contributed by atoms with Gasteiger partial charge in [-0.05, 0) is 49.6 Å². The van der Waals surface area contributed by atoms with Crippen molar-refractivity contribution in [2.45, 2.75) is 26.3 Å². The molecule has 0 saturated carbocycles. The quantitative estimate of drug-likeness (QED) is 0.752. The van der Waals surface area contributed by atoms with Crippen molar-refractivity contribution in [2.75, 3.05) is 23.3 Å². The van der Waals surface area contributed by atoms with Gasteiger partial charge in [0.2, 0.25) is 0 Å². The van der Waals surface area contributed by atoms with Gasteiger partial charge >= 0.3 is 0 Å². The average Bonchev–Trinajstić information content (AvgIpc) is 3.14. The molecular weight excluding hydrogens is 294 g/mol. The lowest BCUT2D eigenvalue weighted by atomic mass is 10.1. The van der Waals surface area contributed by atoms with E-state index in [9.17, 15) is 0 Å². The molecule has 1 N–H and O–H groups in total. The number of nitrogens with zero attached hydrogens (tertiary/aromatic N) is 2. The van der Waals surface area contributed by atoms with E-state index in [1.807, 2.05) is 6.07 Å². The molecule has 24 heavy (non-hydrogen) atoms. The van der Waals surface area contributed by atoms with Crippen LogP contribution in [0.1, 0.15) is 24.1 Å². The second kappa shape index (κ2) is 6.52. The highest BCUT2D eigenvalue weighted by Gasteiger charge is 2.15. The number of aryl methyl sites for hydroxylation is 1. The van der Waals surface area contributed by atoms with E-state index in [1.54, 1.807) is 0 Å². The Morgan fingerprint density at radius 2 is 1.75 bits per heavy atom. The Labute approximate surface area is 143 Å². The van der Waals surface area contributed by atoms with Crippen LogP contribution in [-0.2, 0) is 6.54 Å². The molecular formula is C21H23N3. The number of rotatable bonds is 4. The molecule has 2 heterocycles. The van der Waals surface area contributed by atoms with Crippen LogP contribution >= 0.6 is 0 Å². The Morgan fingerprint density at radius 3 is 2.62 bits per heavy atom. The molecule has 1 saturated heterocycles. The molecule has 0 aliphatic carbocycles. The highest BCUT2D eigenvalue weighted by Crippen LogP contribution is 2.29. The Hall–Kier alpha value is -2.55. The molecule has 1 aromatic heterocycles. The van der Waals surface area contributed by atoms with E-state index in [-0.39, 0.29) is 0 Å². The molecule has 1 fully saturated rings. The third-order valence-electron chi connectivity index (χ3n) is 4.84. The molecule has 1 aliphatic heterocycles. The molecule has 0 atom stereocenters. The number of nitrogens with one attached hydrogen (secondary N) is 1. The monoisotopic (exact) mass is 317 g/mol. The molecule has 3 aromatic rings. The zero-order chi connectivity index (χ0) is 16.4. The molecule has 0 radical (unpaired) electrons. The lowest BCUT2D eigenvalue weighted by Crippen LogP contribution is -2.19. The predicted molar refractivity (Wildman–Crippen MR) is 102 cm³/mol. The van der Waals surface area contributed by atoms with E-state index < -0.39 is 0 Å². The Morgan fingerprint density at radius 1 is 1.00 bits per heavy atom. The van der Waals surface area contributed by atoms with Gasteiger partial charge in [0.25, 0.3) is 0 Å². The number of para-hydroxylation sites is 3. The van der Waals surface area contributed by atoms with Gasteiger partial charge in [0.05, 0.1) is 16.9 Å². The molecule has 122 valence electrons. The van der Waals surface area contributed by atoms with Crippen LogP contribution < -0.4 is 10.2 Å². The minimum Gasteiger partial charge on any atom is -0.379 e. The van der Waals surface area contributed by atoms with Gasteiger partial charge in [0.1, 0.15) is 0 Å². The lowest BCUT2D eigenvalue weighted by Gasteiger charge is -2.22. The highest BCUT2D eigenvalue weighted by atomic mass is 15.2. The normalized spacial score (nSPS) is 14.3. The molecule has 0 bridgehead atoms. The number of benzene rings is 2. The third-order valence-corrected chi connectivity index (χ3v) is 4.84. The summed E-state index contributed by atoms with van der Waals surface area (Å²) in [6.45, 7) is 5.22. The van der Waals surface area contributed by atoms with Crippen molar-refractivity contribution in [1.29, 1.82) is 0 Å². The summed E-state index contributed by atoms with van der Waals surface area (Å²) in [5, 5.41) is 4.83. The fourth-order valence-electron chi connectivity index (χ4n) is 3.48. The van der Waals surface area contributed by atoms with Crippen LogP contribution in [-0.4, -0.2) is 18.1 Å². The summed E-state index contributed by atoms with van der Waals surface area (Å²) >= 11 is 0. The summed E-state index contributed by atoms with van der Waals surface area (Å²) in [6.07, 6.45) is 2.59. The van der Waals surface area contributed by atoms with E-state index >= 15 is 0 Å². The van der Waals surface area contributed by atoms with E-state index in [2.05, 4.69) is 65.7 Å². The van der Waals surface area contributed by atoms with Gasteiger partial charge in [0, 0.05) is 30.7 Å². The predicted octanol–water partition coefficient (Wildman–Crippen LogP) is 4.76. The van der Waals surface area contributed by atoms with Gasteiger partial charge in [-0.15, -0.1) is 0 Å². The molecule has 0 spiro atoms. The molecule has 4 rings (SSSR count). The SMILES string of the molecule is Cc1nc2ccccc2cc1CNc1ccccc1N1CCCC1. The molecule has 3 heteroatoms. The molecule has 0 amide bonds. The Balaban J connectivity index is 1.58. The second-order valence-corrected chi connectivity index (χ2v) is 6.49. The molecule has 2 aromatic carbocycles. The third kappa shape index (κ3) is 2.94. The topological polar surface area (TPSA) is 28.2 Å². The molecule has 3 nitrogen and oxygen atoms in total. The van der Waals surface area contributed by atoms with Crippen molar-refractivity contribution in [3.05, 3.63) is 65.9 Å². The van der Waals surface area contributed by atoms with E-state index in [0.29, 0.717) is 0 Å². The summed E-state index contributed by atoms with van der Waals surface area (Å²) in [5.74, 6) is 0. The van der Waals surface area contributed by atoms with Crippen LogP contribution in [0.25, 0.3) is 10.9 Å². The first kappa shape index (κ1) is 15.0. The van der Waals surface area contributed by atoms with Crippen molar-refractivity contribution < 1.29 is 0 Å². The van der Waals surface area contributed by atoms with E-state index in [4.69, 9.17) is 4.98 Å². The number of fused-ring (bicyclic) bond motifs is 1. The van der Waals surface area contributed by atoms with Crippen LogP contribution in [0, 0.1) is 6.92 Å².